The first-order chi connectivity index (χ1) is 10.3. The number of carbonyl (C=O) groups excluding carboxylic acids is 2. The third kappa shape index (κ3) is 3.99. The standard InChI is InChI=1S/C15H17F3N2O2/c1-10-3-2-8-20(9-10)14(22)13(21)19-12-6-4-11(5-7-12)15(16,17)18/h4-7,10H,2-3,8-9H2,1H3,(H,19,21). The molecule has 7 heteroatoms. The fraction of sp³-hybridized carbons (Fsp3) is 0.467. The maximum atomic E-state index is 12.4. The lowest BCUT2D eigenvalue weighted by molar-refractivity contribution is -0.144. The molecule has 120 valence electrons. The van der Waals surface area contributed by atoms with Crippen molar-refractivity contribution in [1.82, 2.24) is 4.90 Å². The first-order valence-corrected chi connectivity index (χ1v) is 7.05. The summed E-state index contributed by atoms with van der Waals surface area (Å²) in [7, 11) is 0. The van der Waals surface area contributed by atoms with Crippen LogP contribution in [0.15, 0.2) is 24.3 Å². The normalized spacial score (nSPS) is 18.9. The molecule has 0 aromatic heterocycles. The van der Waals surface area contributed by atoms with Gasteiger partial charge in [0.05, 0.1) is 5.56 Å². The Balaban J connectivity index is 1.98. The summed E-state index contributed by atoms with van der Waals surface area (Å²) in [6, 6.07) is 3.99. The highest BCUT2D eigenvalue weighted by atomic mass is 19.4. The summed E-state index contributed by atoms with van der Waals surface area (Å²) < 4.78 is 37.3. The molecule has 1 aliphatic rings. The quantitative estimate of drug-likeness (QED) is 0.810. The Morgan fingerprint density at radius 3 is 2.41 bits per heavy atom. The zero-order chi connectivity index (χ0) is 16.3. The van der Waals surface area contributed by atoms with Crippen molar-refractivity contribution in [3.63, 3.8) is 0 Å². The molecule has 22 heavy (non-hydrogen) atoms. The van der Waals surface area contributed by atoms with Crippen LogP contribution in [0.5, 0.6) is 0 Å². The number of benzene rings is 1. The van der Waals surface area contributed by atoms with Gasteiger partial charge in [-0.05, 0) is 43.0 Å². The Labute approximate surface area is 126 Å². The van der Waals surface area contributed by atoms with Gasteiger partial charge in [-0.1, -0.05) is 6.92 Å². The van der Waals surface area contributed by atoms with Gasteiger partial charge in [0.25, 0.3) is 0 Å². The van der Waals surface area contributed by atoms with Gasteiger partial charge in [0.15, 0.2) is 0 Å². The van der Waals surface area contributed by atoms with Crippen LogP contribution in [0.3, 0.4) is 0 Å². The minimum atomic E-state index is -4.43. The molecule has 0 aliphatic carbocycles. The number of piperidine rings is 1. The molecule has 1 unspecified atom stereocenters. The summed E-state index contributed by atoms with van der Waals surface area (Å²) >= 11 is 0. The van der Waals surface area contributed by atoms with E-state index in [2.05, 4.69) is 5.32 Å². The van der Waals surface area contributed by atoms with E-state index in [1.54, 1.807) is 0 Å². The van der Waals surface area contributed by atoms with E-state index in [4.69, 9.17) is 0 Å². The van der Waals surface area contributed by atoms with Crippen molar-refractivity contribution in [3.8, 4) is 0 Å². The molecule has 2 amide bonds. The smallest absolute Gasteiger partial charge is 0.334 e. The summed E-state index contributed by atoms with van der Waals surface area (Å²) in [5.41, 5.74) is -0.641. The Hall–Kier alpha value is -2.05. The molecule has 4 nitrogen and oxygen atoms in total. The van der Waals surface area contributed by atoms with Crippen LogP contribution in [0.2, 0.25) is 0 Å². The fourth-order valence-corrected chi connectivity index (χ4v) is 2.44. The molecule has 1 N–H and O–H groups in total. The lowest BCUT2D eigenvalue weighted by Crippen LogP contribution is -2.44. The van der Waals surface area contributed by atoms with Crippen LogP contribution in [-0.2, 0) is 15.8 Å². The van der Waals surface area contributed by atoms with Crippen LogP contribution in [0.4, 0.5) is 18.9 Å². The average Bonchev–Trinajstić information content (AvgIpc) is 2.46. The van der Waals surface area contributed by atoms with E-state index in [-0.39, 0.29) is 5.69 Å². The van der Waals surface area contributed by atoms with E-state index in [0.717, 1.165) is 37.1 Å². The third-order valence-electron chi connectivity index (χ3n) is 3.61. The number of alkyl halides is 3. The van der Waals surface area contributed by atoms with Crippen molar-refractivity contribution in [1.29, 1.82) is 0 Å². The molecule has 1 atom stereocenters. The average molecular weight is 314 g/mol. The first kappa shape index (κ1) is 16.3. The first-order valence-electron chi connectivity index (χ1n) is 7.05. The fourth-order valence-electron chi connectivity index (χ4n) is 2.44. The van der Waals surface area contributed by atoms with Crippen LogP contribution in [0, 0.1) is 5.92 Å². The van der Waals surface area contributed by atoms with Gasteiger partial charge in [-0.3, -0.25) is 9.59 Å². The Morgan fingerprint density at radius 2 is 1.86 bits per heavy atom. The summed E-state index contributed by atoms with van der Waals surface area (Å²) in [6.45, 7) is 3.07. The monoisotopic (exact) mass is 314 g/mol. The number of hydrogen-bond donors (Lipinski definition) is 1. The number of amides is 2. The lowest BCUT2D eigenvalue weighted by Gasteiger charge is -2.30. The van der Waals surface area contributed by atoms with Gasteiger partial charge in [0, 0.05) is 18.8 Å². The van der Waals surface area contributed by atoms with Crippen molar-refractivity contribution < 1.29 is 22.8 Å². The molecule has 2 rings (SSSR count). The van der Waals surface area contributed by atoms with Crippen LogP contribution in [-0.4, -0.2) is 29.8 Å². The number of nitrogens with zero attached hydrogens (tertiary/aromatic N) is 1. The summed E-state index contributed by atoms with van der Waals surface area (Å²) in [5, 5.41) is 2.33. The number of nitrogens with one attached hydrogen (secondary N) is 1. The molecule has 0 radical (unpaired) electrons. The molecule has 0 saturated carbocycles. The van der Waals surface area contributed by atoms with Gasteiger partial charge in [0.2, 0.25) is 0 Å². The van der Waals surface area contributed by atoms with Gasteiger partial charge < -0.3 is 10.2 Å². The number of rotatable bonds is 1. The van der Waals surface area contributed by atoms with E-state index < -0.39 is 23.6 Å². The topological polar surface area (TPSA) is 49.4 Å². The van der Waals surface area contributed by atoms with Gasteiger partial charge >= 0.3 is 18.0 Å². The van der Waals surface area contributed by atoms with Gasteiger partial charge in [-0.2, -0.15) is 13.2 Å². The number of carbonyl (C=O) groups is 2. The van der Waals surface area contributed by atoms with E-state index in [1.807, 2.05) is 6.92 Å². The Bertz CT molecular complexity index is 555. The number of hydrogen-bond acceptors (Lipinski definition) is 2. The second-order valence-electron chi connectivity index (χ2n) is 5.53. The van der Waals surface area contributed by atoms with E-state index in [9.17, 15) is 22.8 Å². The van der Waals surface area contributed by atoms with Crippen LogP contribution >= 0.6 is 0 Å². The zero-order valence-electron chi connectivity index (χ0n) is 12.1. The molecule has 1 aromatic carbocycles. The van der Waals surface area contributed by atoms with Crippen molar-refractivity contribution in [2.45, 2.75) is 25.9 Å². The molecule has 0 spiro atoms. The Kier molecular flexibility index (Phi) is 4.73. The van der Waals surface area contributed by atoms with Gasteiger partial charge in [-0.25, -0.2) is 0 Å². The molecule has 0 bridgehead atoms. The molecule has 1 saturated heterocycles. The maximum Gasteiger partial charge on any atom is 0.416 e. The lowest BCUT2D eigenvalue weighted by atomic mass is 10.0. The van der Waals surface area contributed by atoms with E-state index in [0.29, 0.717) is 19.0 Å². The second kappa shape index (κ2) is 6.37. The highest BCUT2D eigenvalue weighted by Crippen LogP contribution is 2.29. The van der Waals surface area contributed by atoms with Crippen molar-refractivity contribution in [2.75, 3.05) is 18.4 Å². The highest BCUT2D eigenvalue weighted by molar-refractivity contribution is 6.39. The van der Waals surface area contributed by atoms with Crippen molar-refractivity contribution in [3.05, 3.63) is 29.8 Å². The zero-order valence-corrected chi connectivity index (χ0v) is 12.1. The minimum absolute atomic E-state index is 0.163. The molecule has 1 aliphatic heterocycles. The predicted molar refractivity (Wildman–Crippen MR) is 75.1 cm³/mol. The Morgan fingerprint density at radius 1 is 1.23 bits per heavy atom. The van der Waals surface area contributed by atoms with Gasteiger partial charge in [-0.15, -0.1) is 0 Å². The van der Waals surface area contributed by atoms with Gasteiger partial charge in [0.1, 0.15) is 0 Å². The summed E-state index contributed by atoms with van der Waals surface area (Å²) in [6.07, 6.45) is -2.56. The van der Waals surface area contributed by atoms with Crippen molar-refractivity contribution >= 4 is 17.5 Å². The maximum absolute atomic E-state index is 12.4. The summed E-state index contributed by atoms with van der Waals surface area (Å²) in [5.74, 6) is -1.13. The van der Waals surface area contributed by atoms with Crippen molar-refractivity contribution in [2.24, 2.45) is 5.92 Å². The van der Waals surface area contributed by atoms with E-state index >= 15 is 0 Å². The molecular weight excluding hydrogens is 297 g/mol. The third-order valence-corrected chi connectivity index (χ3v) is 3.61. The van der Waals surface area contributed by atoms with Crippen LogP contribution in [0.1, 0.15) is 25.3 Å². The highest BCUT2D eigenvalue weighted by Gasteiger charge is 2.30. The predicted octanol–water partition coefficient (Wildman–Crippen LogP) is 2.90. The second-order valence-corrected chi connectivity index (χ2v) is 5.53. The SMILES string of the molecule is CC1CCCN(C(=O)C(=O)Nc2ccc(C(F)(F)F)cc2)C1. The number of halogens is 3. The summed E-state index contributed by atoms with van der Waals surface area (Å²) in [4.78, 5) is 25.4. The number of anilines is 1. The molecular formula is C15H17F3N2O2. The van der Waals surface area contributed by atoms with Crippen LogP contribution in [0.25, 0.3) is 0 Å². The van der Waals surface area contributed by atoms with E-state index in [1.165, 1.54) is 4.90 Å². The molecule has 1 aromatic rings. The molecule has 1 heterocycles. The minimum Gasteiger partial charge on any atom is -0.334 e. The number of likely N-dealkylation sites (tertiary alicyclic amines) is 1. The van der Waals surface area contributed by atoms with Crippen LogP contribution < -0.4 is 5.32 Å². The molecule has 1 fully saturated rings. The largest absolute Gasteiger partial charge is 0.416 e.